The molecule has 4 heteroatoms. The molecule has 20 heavy (non-hydrogen) atoms. The van der Waals surface area contributed by atoms with Crippen LogP contribution >= 0.6 is 15.9 Å². The fraction of sp³-hybridized carbons (Fsp3) is 0.188. The number of halogens is 1. The first-order valence-corrected chi connectivity index (χ1v) is 7.10. The fourth-order valence-electron chi connectivity index (χ4n) is 1.93. The Bertz CT molecular complexity index is 596. The van der Waals surface area contributed by atoms with Crippen molar-refractivity contribution in [2.45, 2.75) is 13.0 Å². The van der Waals surface area contributed by atoms with Crippen LogP contribution < -0.4 is 10.1 Å². The molecule has 0 aliphatic carbocycles. The first-order chi connectivity index (χ1) is 9.61. The standard InChI is InChI=1S/C16H16BrNO2/c1-11(14-5-3-4-6-15(14)17)18-16(19)12-7-9-13(20-2)10-8-12/h3-11H,1-2H3,(H,18,19)/t11-/m1/s1. The van der Waals surface area contributed by atoms with Gasteiger partial charge in [-0.05, 0) is 42.8 Å². The Kier molecular flexibility index (Phi) is 4.79. The second-order valence-corrected chi connectivity index (χ2v) is 5.30. The van der Waals surface area contributed by atoms with Gasteiger partial charge in [0.15, 0.2) is 0 Å². The molecular formula is C16H16BrNO2. The summed E-state index contributed by atoms with van der Waals surface area (Å²) in [6, 6.07) is 14.8. The third kappa shape index (κ3) is 3.39. The average Bonchev–Trinajstić information content (AvgIpc) is 2.47. The summed E-state index contributed by atoms with van der Waals surface area (Å²) in [5.74, 6) is 0.635. The summed E-state index contributed by atoms with van der Waals surface area (Å²) in [5, 5.41) is 2.98. The van der Waals surface area contributed by atoms with Crippen molar-refractivity contribution in [3.8, 4) is 5.75 Å². The van der Waals surface area contributed by atoms with Gasteiger partial charge in [-0.2, -0.15) is 0 Å². The van der Waals surface area contributed by atoms with Gasteiger partial charge in [0.1, 0.15) is 5.75 Å². The third-order valence-electron chi connectivity index (χ3n) is 3.07. The lowest BCUT2D eigenvalue weighted by Crippen LogP contribution is -2.26. The molecule has 0 radical (unpaired) electrons. The Morgan fingerprint density at radius 1 is 1.15 bits per heavy atom. The Hall–Kier alpha value is -1.81. The number of rotatable bonds is 4. The molecule has 1 atom stereocenters. The van der Waals surface area contributed by atoms with Crippen molar-refractivity contribution in [2.75, 3.05) is 7.11 Å². The monoisotopic (exact) mass is 333 g/mol. The highest BCUT2D eigenvalue weighted by Crippen LogP contribution is 2.23. The highest BCUT2D eigenvalue weighted by Gasteiger charge is 2.13. The lowest BCUT2D eigenvalue weighted by Gasteiger charge is -2.16. The molecule has 0 heterocycles. The third-order valence-corrected chi connectivity index (χ3v) is 3.79. The van der Waals surface area contributed by atoms with Crippen LogP contribution in [0, 0.1) is 0 Å². The lowest BCUT2D eigenvalue weighted by atomic mass is 10.1. The first kappa shape index (κ1) is 14.6. The zero-order chi connectivity index (χ0) is 14.5. The molecule has 0 aliphatic heterocycles. The van der Waals surface area contributed by atoms with E-state index in [0.717, 1.165) is 15.8 Å². The summed E-state index contributed by atoms with van der Waals surface area (Å²) in [6.07, 6.45) is 0. The van der Waals surface area contributed by atoms with Crippen molar-refractivity contribution >= 4 is 21.8 Å². The summed E-state index contributed by atoms with van der Waals surface area (Å²) in [7, 11) is 1.60. The molecule has 104 valence electrons. The minimum atomic E-state index is -0.101. The lowest BCUT2D eigenvalue weighted by molar-refractivity contribution is 0.0940. The predicted octanol–water partition coefficient (Wildman–Crippen LogP) is 3.95. The highest BCUT2D eigenvalue weighted by molar-refractivity contribution is 9.10. The zero-order valence-corrected chi connectivity index (χ0v) is 13.0. The van der Waals surface area contributed by atoms with E-state index in [1.165, 1.54) is 0 Å². The summed E-state index contributed by atoms with van der Waals surface area (Å²) in [4.78, 5) is 12.2. The molecule has 2 aromatic carbocycles. The van der Waals surface area contributed by atoms with Crippen molar-refractivity contribution < 1.29 is 9.53 Å². The van der Waals surface area contributed by atoms with Crippen LogP contribution in [0.1, 0.15) is 28.9 Å². The highest BCUT2D eigenvalue weighted by atomic mass is 79.9. The van der Waals surface area contributed by atoms with Crippen molar-refractivity contribution in [1.82, 2.24) is 5.32 Å². The molecule has 3 nitrogen and oxygen atoms in total. The molecule has 0 aliphatic rings. The van der Waals surface area contributed by atoms with Crippen LogP contribution in [0.25, 0.3) is 0 Å². The minimum Gasteiger partial charge on any atom is -0.497 e. The molecule has 1 N–H and O–H groups in total. The molecule has 1 amide bonds. The molecule has 0 unspecified atom stereocenters. The van der Waals surface area contributed by atoms with Crippen molar-refractivity contribution in [3.05, 3.63) is 64.1 Å². The van der Waals surface area contributed by atoms with E-state index in [9.17, 15) is 4.79 Å². The largest absolute Gasteiger partial charge is 0.497 e. The quantitative estimate of drug-likeness (QED) is 0.919. The number of methoxy groups -OCH3 is 1. The van der Waals surface area contributed by atoms with Gasteiger partial charge in [0.25, 0.3) is 5.91 Å². The number of carbonyl (C=O) groups excluding carboxylic acids is 1. The molecule has 0 fully saturated rings. The Balaban J connectivity index is 2.09. The second kappa shape index (κ2) is 6.57. The zero-order valence-electron chi connectivity index (χ0n) is 11.4. The Labute approximate surface area is 127 Å². The topological polar surface area (TPSA) is 38.3 Å². The summed E-state index contributed by atoms with van der Waals surface area (Å²) in [5.41, 5.74) is 1.67. The van der Waals surface area contributed by atoms with E-state index in [2.05, 4.69) is 21.2 Å². The first-order valence-electron chi connectivity index (χ1n) is 6.31. The van der Waals surface area contributed by atoms with Gasteiger partial charge in [0.2, 0.25) is 0 Å². The van der Waals surface area contributed by atoms with Gasteiger partial charge in [0.05, 0.1) is 13.2 Å². The number of ether oxygens (including phenoxy) is 1. The normalized spacial score (nSPS) is 11.8. The molecule has 2 aromatic rings. The average molecular weight is 334 g/mol. The van der Waals surface area contributed by atoms with Gasteiger partial charge in [-0.15, -0.1) is 0 Å². The van der Waals surface area contributed by atoms with Crippen LogP contribution in [0.5, 0.6) is 5.75 Å². The number of benzene rings is 2. The molecule has 0 saturated heterocycles. The maximum absolute atomic E-state index is 12.2. The van der Waals surface area contributed by atoms with Crippen LogP contribution in [-0.4, -0.2) is 13.0 Å². The van der Waals surface area contributed by atoms with Crippen molar-refractivity contribution in [1.29, 1.82) is 0 Å². The number of hydrogen-bond acceptors (Lipinski definition) is 2. The smallest absolute Gasteiger partial charge is 0.251 e. The molecule has 0 saturated carbocycles. The van der Waals surface area contributed by atoms with E-state index in [1.54, 1.807) is 31.4 Å². The van der Waals surface area contributed by atoms with Gasteiger partial charge in [-0.25, -0.2) is 0 Å². The number of amides is 1. The minimum absolute atomic E-state index is 0.0693. The molecular weight excluding hydrogens is 318 g/mol. The number of hydrogen-bond donors (Lipinski definition) is 1. The van der Waals surface area contributed by atoms with E-state index < -0.39 is 0 Å². The van der Waals surface area contributed by atoms with Gasteiger partial charge in [-0.1, -0.05) is 34.1 Å². The van der Waals surface area contributed by atoms with Gasteiger partial charge in [-0.3, -0.25) is 4.79 Å². The maximum atomic E-state index is 12.2. The maximum Gasteiger partial charge on any atom is 0.251 e. The molecule has 0 spiro atoms. The van der Waals surface area contributed by atoms with Crippen LogP contribution in [0.2, 0.25) is 0 Å². The van der Waals surface area contributed by atoms with Gasteiger partial charge in [0, 0.05) is 10.0 Å². The van der Waals surface area contributed by atoms with Gasteiger partial charge >= 0.3 is 0 Å². The van der Waals surface area contributed by atoms with E-state index in [1.807, 2.05) is 31.2 Å². The van der Waals surface area contributed by atoms with Crippen molar-refractivity contribution in [3.63, 3.8) is 0 Å². The SMILES string of the molecule is COc1ccc(C(=O)N[C@H](C)c2ccccc2Br)cc1. The molecule has 0 aromatic heterocycles. The van der Waals surface area contributed by atoms with Crippen LogP contribution in [-0.2, 0) is 0 Å². The molecule has 0 bridgehead atoms. The Morgan fingerprint density at radius 3 is 2.40 bits per heavy atom. The number of carbonyl (C=O) groups is 1. The Morgan fingerprint density at radius 2 is 1.80 bits per heavy atom. The summed E-state index contributed by atoms with van der Waals surface area (Å²) in [6.45, 7) is 1.96. The second-order valence-electron chi connectivity index (χ2n) is 4.45. The summed E-state index contributed by atoms with van der Waals surface area (Å²) >= 11 is 3.49. The molecule has 2 rings (SSSR count). The number of nitrogens with one attached hydrogen (secondary N) is 1. The van der Waals surface area contributed by atoms with Crippen LogP contribution in [0.3, 0.4) is 0 Å². The van der Waals surface area contributed by atoms with Crippen LogP contribution in [0.15, 0.2) is 53.0 Å². The summed E-state index contributed by atoms with van der Waals surface area (Å²) < 4.78 is 6.07. The van der Waals surface area contributed by atoms with Crippen molar-refractivity contribution in [2.24, 2.45) is 0 Å². The fourth-order valence-corrected chi connectivity index (χ4v) is 2.55. The predicted molar refractivity (Wildman–Crippen MR) is 83.0 cm³/mol. The van der Waals surface area contributed by atoms with E-state index in [0.29, 0.717) is 5.56 Å². The van der Waals surface area contributed by atoms with Gasteiger partial charge < -0.3 is 10.1 Å². The van der Waals surface area contributed by atoms with Crippen LogP contribution in [0.4, 0.5) is 0 Å². The van der Waals surface area contributed by atoms with E-state index in [-0.39, 0.29) is 11.9 Å². The van der Waals surface area contributed by atoms with E-state index in [4.69, 9.17) is 4.74 Å². The van der Waals surface area contributed by atoms with E-state index >= 15 is 0 Å².